The van der Waals surface area contributed by atoms with Crippen LogP contribution in [0.3, 0.4) is 0 Å². The summed E-state index contributed by atoms with van der Waals surface area (Å²) in [6.45, 7) is 3.15. The Labute approximate surface area is 112 Å². The Balaban J connectivity index is 2.02. The molecule has 3 nitrogen and oxygen atoms in total. The molecule has 0 amide bonds. The van der Waals surface area contributed by atoms with E-state index < -0.39 is 0 Å². The van der Waals surface area contributed by atoms with Crippen molar-refractivity contribution in [2.24, 2.45) is 0 Å². The third kappa shape index (κ3) is 3.06. The zero-order valence-electron chi connectivity index (χ0n) is 10.5. The van der Waals surface area contributed by atoms with Crippen molar-refractivity contribution >= 4 is 11.6 Å². The van der Waals surface area contributed by atoms with Gasteiger partial charge in [-0.1, -0.05) is 11.6 Å². The summed E-state index contributed by atoms with van der Waals surface area (Å²) in [5.74, 6) is 1.72. The molecule has 0 bridgehead atoms. The molecule has 0 radical (unpaired) electrons. The lowest BCUT2D eigenvalue weighted by atomic mass is 10.2. The molecule has 1 heterocycles. The molecular formula is C14H16ClNO2. The maximum atomic E-state index is 5.97. The van der Waals surface area contributed by atoms with E-state index in [1.54, 1.807) is 6.26 Å². The highest BCUT2D eigenvalue weighted by Gasteiger charge is 2.06. The Morgan fingerprint density at radius 2 is 2.17 bits per heavy atom. The van der Waals surface area contributed by atoms with Gasteiger partial charge in [0, 0.05) is 10.6 Å². The van der Waals surface area contributed by atoms with Crippen LogP contribution in [0.5, 0.6) is 5.75 Å². The number of rotatable bonds is 5. The van der Waals surface area contributed by atoms with Gasteiger partial charge < -0.3 is 14.5 Å². The minimum absolute atomic E-state index is 0.495. The van der Waals surface area contributed by atoms with Gasteiger partial charge in [-0.05, 0) is 43.8 Å². The van der Waals surface area contributed by atoms with Gasteiger partial charge >= 0.3 is 0 Å². The molecule has 0 saturated carbocycles. The third-order valence-electron chi connectivity index (χ3n) is 2.70. The smallest absolute Gasteiger partial charge is 0.124 e. The Bertz CT molecular complexity index is 522. The molecule has 0 aliphatic carbocycles. The topological polar surface area (TPSA) is 34.4 Å². The van der Waals surface area contributed by atoms with Crippen LogP contribution in [-0.4, -0.2) is 7.05 Å². The summed E-state index contributed by atoms with van der Waals surface area (Å²) in [7, 11) is 1.88. The number of aryl methyl sites for hydroxylation is 1. The van der Waals surface area contributed by atoms with Gasteiger partial charge in [-0.2, -0.15) is 0 Å². The number of hydrogen-bond donors (Lipinski definition) is 1. The van der Waals surface area contributed by atoms with E-state index in [4.69, 9.17) is 20.8 Å². The second-order valence-electron chi connectivity index (χ2n) is 4.10. The van der Waals surface area contributed by atoms with Crippen molar-refractivity contribution in [2.45, 2.75) is 20.1 Å². The van der Waals surface area contributed by atoms with Gasteiger partial charge in [-0.3, -0.25) is 0 Å². The summed E-state index contributed by atoms with van der Waals surface area (Å²) in [6.07, 6.45) is 1.68. The number of halogens is 1. The van der Waals surface area contributed by atoms with Gasteiger partial charge in [-0.25, -0.2) is 0 Å². The molecule has 4 heteroatoms. The van der Waals surface area contributed by atoms with Crippen LogP contribution < -0.4 is 10.1 Å². The summed E-state index contributed by atoms with van der Waals surface area (Å²) in [6, 6.07) is 7.57. The van der Waals surface area contributed by atoms with Crippen molar-refractivity contribution in [3.8, 4) is 5.75 Å². The average Bonchev–Trinajstić information content (AvgIpc) is 2.79. The monoisotopic (exact) mass is 265 g/mol. The quantitative estimate of drug-likeness (QED) is 0.898. The van der Waals surface area contributed by atoms with Crippen LogP contribution in [0.25, 0.3) is 0 Å². The van der Waals surface area contributed by atoms with Gasteiger partial charge in [-0.15, -0.1) is 0 Å². The van der Waals surface area contributed by atoms with Crippen LogP contribution >= 0.6 is 11.6 Å². The summed E-state index contributed by atoms with van der Waals surface area (Å²) < 4.78 is 11.1. The Morgan fingerprint density at radius 3 is 2.89 bits per heavy atom. The standard InChI is InChI=1S/C14H16ClNO2/c1-10-7-12(3-4-13(10)15)18-9-11-5-6-17-14(11)8-16-2/h3-7,16H,8-9H2,1-2H3. The highest BCUT2D eigenvalue weighted by Crippen LogP contribution is 2.22. The fourth-order valence-electron chi connectivity index (χ4n) is 1.68. The van der Waals surface area contributed by atoms with Gasteiger partial charge in [0.05, 0.1) is 12.8 Å². The lowest BCUT2D eigenvalue weighted by molar-refractivity contribution is 0.301. The molecule has 0 aliphatic heterocycles. The molecule has 0 aliphatic rings. The number of furan rings is 1. The van der Waals surface area contributed by atoms with Gasteiger partial charge in [0.1, 0.15) is 18.1 Å². The van der Waals surface area contributed by atoms with Crippen LogP contribution in [0.2, 0.25) is 5.02 Å². The first-order chi connectivity index (χ1) is 8.70. The largest absolute Gasteiger partial charge is 0.489 e. The van der Waals surface area contributed by atoms with Crippen molar-refractivity contribution in [1.29, 1.82) is 0 Å². The maximum Gasteiger partial charge on any atom is 0.124 e. The van der Waals surface area contributed by atoms with E-state index in [0.717, 1.165) is 27.7 Å². The summed E-state index contributed by atoms with van der Waals surface area (Å²) in [5.41, 5.74) is 2.06. The SMILES string of the molecule is CNCc1occc1COc1ccc(Cl)c(C)c1. The molecule has 0 fully saturated rings. The van der Waals surface area contributed by atoms with Crippen molar-refractivity contribution in [2.75, 3.05) is 7.05 Å². The maximum absolute atomic E-state index is 5.97. The Kier molecular flexibility index (Phi) is 4.28. The van der Waals surface area contributed by atoms with Crippen molar-refractivity contribution < 1.29 is 9.15 Å². The van der Waals surface area contributed by atoms with E-state index in [2.05, 4.69) is 5.32 Å². The van der Waals surface area contributed by atoms with E-state index in [0.29, 0.717) is 13.2 Å². The van der Waals surface area contributed by atoms with Crippen LogP contribution in [0.15, 0.2) is 34.9 Å². The predicted octanol–water partition coefficient (Wildman–Crippen LogP) is 3.54. The first-order valence-corrected chi connectivity index (χ1v) is 6.17. The lowest BCUT2D eigenvalue weighted by Crippen LogP contribution is -2.07. The minimum Gasteiger partial charge on any atom is -0.489 e. The fourth-order valence-corrected chi connectivity index (χ4v) is 1.80. The first kappa shape index (κ1) is 13.0. The molecule has 1 aromatic carbocycles. The zero-order chi connectivity index (χ0) is 13.0. The normalized spacial score (nSPS) is 10.6. The van der Waals surface area contributed by atoms with Gasteiger partial charge in [0.25, 0.3) is 0 Å². The van der Waals surface area contributed by atoms with Crippen LogP contribution in [0, 0.1) is 6.92 Å². The molecule has 18 heavy (non-hydrogen) atoms. The summed E-state index contributed by atoms with van der Waals surface area (Å²) >= 11 is 5.97. The second kappa shape index (κ2) is 5.94. The Hall–Kier alpha value is -1.45. The molecule has 96 valence electrons. The van der Waals surface area contributed by atoms with Crippen LogP contribution in [0.4, 0.5) is 0 Å². The molecular weight excluding hydrogens is 250 g/mol. The van der Waals surface area contributed by atoms with E-state index in [9.17, 15) is 0 Å². The molecule has 2 rings (SSSR count). The van der Waals surface area contributed by atoms with E-state index in [-0.39, 0.29) is 0 Å². The Morgan fingerprint density at radius 1 is 1.33 bits per heavy atom. The summed E-state index contributed by atoms with van der Waals surface area (Å²) in [4.78, 5) is 0. The van der Waals surface area contributed by atoms with Crippen LogP contribution in [0.1, 0.15) is 16.9 Å². The molecule has 1 N–H and O–H groups in total. The average molecular weight is 266 g/mol. The molecule has 2 aromatic rings. The lowest BCUT2D eigenvalue weighted by Gasteiger charge is -2.08. The van der Waals surface area contributed by atoms with E-state index in [1.165, 1.54) is 0 Å². The minimum atomic E-state index is 0.495. The number of hydrogen-bond acceptors (Lipinski definition) is 3. The highest BCUT2D eigenvalue weighted by molar-refractivity contribution is 6.31. The zero-order valence-corrected chi connectivity index (χ0v) is 11.3. The highest BCUT2D eigenvalue weighted by atomic mass is 35.5. The number of ether oxygens (including phenoxy) is 1. The molecule has 0 saturated heterocycles. The van der Waals surface area contributed by atoms with E-state index in [1.807, 2.05) is 38.2 Å². The van der Waals surface area contributed by atoms with Gasteiger partial charge in [0.2, 0.25) is 0 Å². The number of benzene rings is 1. The third-order valence-corrected chi connectivity index (χ3v) is 3.12. The first-order valence-electron chi connectivity index (χ1n) is 5.79. The van der Waals surface area contributed by atoms with Crippen molar-refractivity contribution in [3.05, 3.63) is 52.4 Å². The van der Waals surface area contributed by atoms with E-state index >= 15 is 0 Å². The fraction of sp³-hybridized carbons (Fsp3) is 0.286. The van der Waals surface area contributed by atoms with Crippen LogP contribution in [-0.2, 0) is 13.2 Å². The molecule has 0 atom stereocenters. The molecule has 1 aromatic heterocycles. The second-order valence-corrected chi connectivity index (χ2v) is 4.51. The predicted molar refractivity (Wildman–Crippen MR) is 72.0 cm³/mol. The summed E-state index contributed by atoms with van der Waals surface area (Å²) in [5, 5.41) is 3.81. The van der Waals surface area contributed by atoms with Crippen molar-refractivity contribution in [3.63, 3.8) is 0 Å². The number of nitrogens with one attached hydrogen (secondary N) is 1. The van der Waals surface area contributed by atoms with Gasteiger partial charge in [0.15, 0.2) is 0 Å². The molecule has 0 spiro atoms. The molecule has 0 unspecified atom stereocenters. The van der Waals surface area contributed by atoms with Crippen molar-refractivity contribution in [1.82, 2.24) is 5.32 Å².